The second-order valence-electron chi connectivity index (χ2n) is 4.29. The zero-order valence-corrected chi connectivity index (χ0v) is 13.5. The number of hydrogen-bond acceptors (Lipinski definition) is 2. The number of benzene rings is 1. The van der Waals surface area contributed by atoms with Crippen LogP contribution in [0.2, 0.25) is 5.02 Å². The van der Waals surface area contributed by atoms with E-state index >= 15 is 0 Å². The summed E-state index contributed by atoms with van der Waals surface area (Å²) in [6.07, 6.45) is 1.17. The largest absolute Gasteiger partial charge is 0.313 e. The van der Waals surface area contributed by atoms with Crippen molar-refractivity contribution in [3.8, 4) is 0 Å². The Kier molecular flexibility index (Phi) is 7.91. The minimum atomic E-state index is 0.828. The highest BCUT2D eigenvalue weighted by Crippen LogP contribution is 2.20. The van der Waals surface area contributed by atoms with Gasteiger partial charge in [-0.1, -0.05) is 41.4 Å². The van der Waals surface area contributed by atoms with Gasteiger partial charge in [0.25, 0.3) is 0 Å². The number of nitrogens with zero attached hydrogens (tertiary/aromatic N) is 1. The molecule has 0 aliphatic rings. The van der Waals surface area contributed by atoms with E-state index in [1.165, 1.54) is 6.42 Å². The van der Waals surface area contributed by atoms with Gasteiger partial charge in [-0.3, -0.25) is 0 Å². The molecule has 0 saturated carbocycles. The molecule has 1 aromatic rings. The highest BCUT2D eigenvalue weighted by atomic mass is 79.9. The second-order valence-corrected chi connectivity index (χ2v) is 5.62. The van der Waals surface area contributed by atoms with Crippen molar-refractivity contribution in [3.63, 3.8) is 0 Å². The van der Waals surface area contributed by atoms with Crippen molar-refractivity contribution in [2.75, 3.05) is 26.2 Å². The predicted octanol–water partition coefficient (Wildman–Crippen LogP) is 3.92. The molecule has 0 amide bonds. The van der Waals surface area contributed by atoms with Gasteiger partial charge in [0.1, 0.15) is 0 Å². The summed E-state index contributed by atoms with van der Waals surface area (Å²) in [5.41, 5.74) is 1.15. The minimum absolute atomic E-state index is 0.828. The summed E-state index contributed by atoms with van der Waals surface area (Å²) in [6.45, 7) is 9.69. The Balaban J connectivity index is 2.23. The van der Waals surface area contributed by atoms with Crippen molar-refractivity contribution < 1.29 is 0 Å². The molecule has 0 aliphatic heterocycles. The van der Waals surface area contributed by atoms with Crippen LogP contribution in [0, 0.1) is 0 Å². The van der Waals surface area contributed by atoms with Crippen molar-refractivity contribution >= 4 is 27.5 Å². The molecule has 102 valence electrons. The quantitative estimate of drug-likeness (QED) is 0.725. The van der Waals surface area contributed by atoms with Crippen LogP contribution in [0.15, 0.2) is 22.7 Å². The van der Waals surface area contributed by atoms with Gasteiger partial charge in [0, 0.05) is 16.0 Å². The molecule has 1 aromatic carbocycles. The number of rotatable bonds is 8. The fourth-order valence-corrected chi connectivity index (χ4v) is 2.46. The average Bonchev–Trinajstić information content (AvgIpc) is 2.38. The van der Waals surface area contributed by atoms with E-state index in [1.807, 2.05) is 12.1 Å². The molecule has 0 fully saturated rings. The van der Waals surface area contributed by atoms with Crippen LogP contribution in [-0.4, -0.2) is 31.1 Å². The third-order valence-corrected chi connectivity index (χ3v) is 3.91. The van der Waals surface area contributed by atoms with E-state index in [0.29, 0.717) is 0 Å². The summed E-state index contributed by atoms with van der Waals surface area (Å²) < 4.78 is 1.08. The van der Waals surface area contributed by atoms with E-state index in [9.17, 15) is 0 Å². The molecular weight excluding hydrogens is 312 g/mol. The summed E-state index contributed by atoms with van der Waals surface area (Å²) in [5, 5.41) is 4.27. The molecule has 4 heteroatoms. The zero-order valence-electron chi connectivity index (χ0n) is 11.2. The molecule has 0 spiro atoms. The third kappa shape index (κ3) is 5.70. The molecule has 2 nitrogen and oxygen atoms in total. The van der Waals surface area contributed by atoms with Gasteiger partial charge in [-0.05, 0) is 56.4 Å². The van der Waals surface area contributed by atoms with Crippen molar-refractivity contribution in [1.29, 1.82) is 0 Å². The van der Waals surface area contributed by atoms with Crippen LogP contribution in [0.5, 0.6) is 0 Å². The summed E-state index contributed by atoms with van der Waals surface area (Å²) in [6, 6.07) is 5.96. The Labute approximate surface area is 124 Å². The molecule has 0 unspecified atom stereocenters. The fraction of sp³-hybridized carbons (Fsp3) is 0.571. The maximum Gasteiger partial charge on any atom is 0.0451 e. The number of nitrogens with one attached hydrogen (secondary N) is 1. The predicted molar refractivity (Wildman–Crippen MR) is 83.3 cm³/mol. The molecule has 0 saturated heterocycles. The Hall–Kier alpha value is -0.0900. The van der Waals surface area contributed by atoms with Gasteiger partial charge in [0.2, 0.25) is 0 Å². The first kappa shape index (κ1) is 16.0. The van der Waals surface area contributed by atoms with Crippen molar-refractivity contribution in [2.24, 2.45) is 0 Å². The van der Waals surface area contributed by atoms with E-state index in [0.717, 1.165) is 47.8 Å². The van der Waals surface area contributed by atoms with Gasteiger partial charge in [0.15, 0.2) is 0 Å². The monoisotopic (exact) mass is 332 g/mol. The van der Waals surface area contributed by atoms with Crippen molar-refractivity contribution in [2.45, 2.75) is 26.8 Å². The highest BCUT2D eigenvalue weighted by Gasteiger charge is 2.01. The summed E-state index contributed by atoms with van der Waals surface area (Å²) in [4.78, 5) is 2.44. The van der Waals surface area contributed by atoms with Crippen molar-refractivity contribution in [1.82, 2.24) is 10.2 Å². The smallest absolute Gasteiger partial charge is 0.0451 e. The summed E-state index contributed by atoms with van der Waals surface area (Å²) in [5.74, 6) is 0. The molecule has 0 aromatic heterocycles. The molecule has 1 rings (SSSR count). The first-order valence-corrected chi connectivity index (χ1v) is 7.71. The first-order chi connectivity index (χ1) is 8.67. The minimum Gasteiger partial charge on any atom is -0.313 e. The molecular formula is C14H22BrClN2. The lowest BCUT2D eigenvalue weighted by Crippen LogP contribution is -2.27. The molecule has 0 atom stereocenters. The number of halogens is 2. The Morgan fingerprint density at radius 2 is 2.00 bits per heavy atom. The van der Waals surface area contributed by atoms with Crippen LogP contribution < -0.4 is 5.32 Å². The normalized spacial score (nSPS) is 11.2. The first-order valence-electron chi connectivity index (χ1n) is 6.54. The van der Waals surface area contributed by atoms with Gasteiger partial charge in [-0.15, -0.1) is 0 Å². The molecule has 1 N–H and O–H groups in total. The van der Waals surface area contributed by atoms with Crippen molar-refractivity contribution in [3.05, 3.63) is 33.3 Å². The Morgan fingerprint density at radius 3 is 2.67 bits per heavy atom. The van der Waals surface area contributed by atoms with E-state index in [1.54, 1.807) is 0 Å². The maximum absolute atomic E-state index is 6.14. The third-order valence-electron chi connectivity index (χ3n) is 3.05. The van der Waals surface area contributed by atoms with E-state index in [2.05, 4.69) is 46.1 Å². The molecule has 18 heavy (non-hydrogen) atoms. The summed E-state index contributed by atoms with van der Waals surface area (Å²) in [7, 11) is 0. The second kappa shape index (κ2) is 8.92. The van der Waals surface area contributed by atoms with Crippen LogP contribution in [-0.2, 0) is 6.54 Å². The maximum atomic E-state index is 6.14. The van der Waals surface area contributed by atoms with E-state index in [-0.39, 0.29) is 0 Å². The van der Waals surface area contributed by atoms with Crippen LogP contribution in [0.3, 0.4) is 0 Å². The van der Waals surface area contributed by atoms with Gasteiger partial charge in [-0.25, -0.2) is 0 Å². The fourth-order valence-electron chi connectivity index (χ4n) is 1.87. The summed E-state index contributed by atoms with van der Waals surface area (Å²) >= 11 is 9.60. The molecule has 0 bridgehead atoms. The van der Waals surface area contributed by atoms with E-state index in [4.69, 9.17) is 11.6 Å². The van der Waals surface area contributed by atoms with Crippen LogP contribution >= 0.6 is 27.5 Å². The number of hydrogen-bond donors (Lipinski definition) is 1. The van der Waals surface area contributed by atoms with E-state index < -0.39 is 0 Å². The Morgan fingerprint density at radius 1 is 1.28 bits per heavy atom. The van der Waals surface area contributed by atoms with Crippen LogP contribution in [0.1, 0.15) is 25.8 Å². The van der Waals surface area contributed by atoms with Gasteiger partial charge in [-0.2, -0.15) is 0 Å². The molecule has 0 heterocycles. The lowest BCUT2D eigenvalue weighted by molar-refractivity contribution is 0.298. The lowest BCUT2D eigenvalue weighted by atomic mass is 10.2. The van der Waals surface area contributed by atoms with Gasteiger partial charge < -0.3 is 10.2 Å². The van der Waals surface area contributed by atoms with Gasteiger partial charge >= 0.3 is 0 Å². The topological polar surface area (TPSA) is 15.3 Å². The zero-order chi connectivity index (χ0) is 13.4. The standard InChI is InChI=1S/C14H22BrClN2/c1-3-18(4-2)9-5-8-17-11-12-10-13(15)6-7-14(12)16/h6-7,10,17H,3-5,8-9,11H2,1-2H3. The SMILES string of the molecule is CCN(CC)CCCNCc1cc(Br)ccc1Cl. The Bertz CT molecular complexity index is 354. The van der Waals surface area contributed by atoms with Gasteiger partial charge in [0.05, 0.1) is 0 Å². The molecule has 0 aliphatic carbocycles. The highest BCUT2D eigenvalue weighted by molar-refractivity contribution is 9.10. The van der Waals surface area contributed by atoms with Crippen LogP contribution in [0.4, 0.5) is 0 Å². The molecule has 0 radical (unpaired) electrons. The lowest BCUT2D eigenvalue weighted by Gasteiger charge is -2.17. The average molecular weight is 334 g/mol. The van der Waals surface area contributed by atoms with Crippen LogP contribution in [0.25, 0.3) is 0 Å².